The number of carbonyl (C=O) groups is 1. The molecular formula is C21H33ClN4O. The van der Waals surface area contributed by atoms with Crippen LogP contribution in [0.3, 0.4) is 0 Å². The quantitative estimate of drug-likeness (QED) is 0.698. The van der Waals surface area contributed by atoms with Crippen LogP contribution in [-0.2, 0) is 0 Å². The molecule has 2 saturated heterocycles. The van der Waals surface area contributed by atoms with Gasteiger partial charge in [-0.2, -0.15) is 0 Å². The summed E-state index contributed by atoms with van der Waals surface area (Å²) >= 11 is 0. The minimum absolute atomic E-state index is 0. The minimum atomic E-state index is 0. The van der Waals surface area contributed by atoms with Crippen LogP contribution in [0.25, 0.3) is 0 Å². The van der Waals surface area contributed by atoms with Crippen LogP contribution in [0.15, 0.2) is 12.1 Å². The lowest BCUT2D eigenvalue weighted by Crippen LogP contribution is -2.44. The van der Waals surface area contributed by atoms with Gasteiger partial charge in [-0.15, -0.1) is 12.4 Å². The molecule has 0 spiro atoms. The highest BCUT2D eigenvalue weighted by Gasteiger charge is 2.31. The summed E-state index contributed by atoms with van der Waals surface area (Å²) in [4.78, 5) is 17.7. The molecule has 2 N–H and O–H groups in total. The molecule has 1 saturated carbocycles. The third kappa shape index (κ3) is 4.95. The summed E-state index contributed by atoms with van der Waals surface area (Å²) in [6.45, 7) is 10.7. The Balaban J connectivity index is 0.00000210. The van der Waals surface area contributed by atoms with Crippen molar-refractivity contribution < 1.29 is 4.79 Å². The van der Waals surface area contributed by atoms with Gasteiger partial charge in [0.25, 0.3) is 0 Å². The zero-order valence-electron chi connectivity index (χ0n) is 16.4. The standard InChI is InChI=1S/C21H32N4O.ClH/c1-16-19(23-8-11-24-9-2-3-10-24)14-18(21(26)17-4-5-17)15-20(16)25-12-6-22-7-13-25;/h14-15,17,22-23H,2-13H2,1H3;1H. The molecule has 0 amide bonds. The number of hydrogen-bond donors (Lipinski definition) is 2. The molecule has 1 aromatic rings. The van der Waals surface area contributed by atoms with Crippen molar-refractivity contribution in [1.82, 2.24) is 10.2 Å². The van der Waals surface area contributed by atoms with Crippen molar-refractivity contribution in [1.29, 1.82) is 0 Å². The highest BCUT2D eigenvalue weighted by atomic mass is 35.5. The van der Waals surface area contributed by atoms with E-state index in [0.29, 0.717) is 5.78 Å². The monoisotopic (exact) mass is 392 g/mol. The number of Topliss-reactive ketones (excluding diaryl/α,β-unsaturated/α-hetero) is 1. The molecule has 150 valence electrons. The van der Waals surface area contributed by atoms with E-state index in [0.717, 1.165) is 63.4 Å². The molecule has 2 aliphatic heterocycles. The van der Waals surface area contributed by atoms with E-state index < -0.39 is 0 Å². The fourth-order valence-corrected chi connectivity index (χ4v) is 4.20. The topological polar surface area (TPSA) is 47.6 Å². The third-order valence-corrected chi connectivity index (χ3v) is 6.01. The van der Waals surface area contributed by atoms with Gasteiger partial charge in [0.15, 0.2) is 5.78 Å². The van der Waals surface area contributed by atoms with Gasteiger partial charge in [0, 0.05) is 62.1 Å². The fourth-order valence-electron chi connectivity index (χ4n) is 4.20. The summed E-state index contributed by atoms with van der Waals surface area (Å²) in [6.07, 6.45) is 4.79. The lowest BCUT2D eigenvalue weighted by Gasteiger charge is -2.32. The molecule has 0 aromatic heterocycles. The van der Waals surface area contributed by atoms with Gasteiger partial charge in [0.05, 0.1) is 0 Å². The first-order valence-electron chi connectivity index (χ1n) is 10.3. The van der Waals surface area contributed by atoms with Crippen LogP contribution in [0.4, 0.5) is 11.4 Å². The van der Waals surface area contributed by atoms with Gasteiger partial charge in [0.1, 0.15) is 0 Å². The number of benzene rings is 1. The van der Waals surface area contributed by atoms with Crippen LogP contribution < -0.4 is 15.5 Å². The van der Waals surface area contributed by atoms with E-state index in [4.69, 9.17) is 0 Å². The summed E-state index contributed by atoms with van der Waals surface area (Å²) in [6, 6.07) is 4.25. The molecule has 0 atom stereocenters. The van der Waals surface area contributed by atoms with Gasteiger partial charge in [0.2, 0.25) is 0 Å². The van der Waals surface area contributed by atoms with Crippen molar-refractivity contribution in [3.05, 3.63) is 23.3 Å². The highest BCUT2D eigenvalue weighted by molar-refractivity contribution is 6.01. The van der Waals surface area contributed by atoms with E-state index in [1.54, 1.807) is 0 Å². The molecule has 0 unspecified atom stereocenters. The lowest BCUT2D eigenvalue weighted by atomic mass is 10.0. The van der Waals surface area contributed by atoms with Crippen molar-refractivity contribution >= 4 is 29.6 Å². The lowest BCUT2D eigenvalue weighted by molar-refractivity contribution is 0.0967. The summed E-state index contributed by atoms with van der Waals surface area (Å²) in [7, 11) is 0. The number of hydrogen-bond acceptors (Lipinski definition) is 5. The summed E-state index contributed by atoms with van der Waals surface area (Å²) in [5.41, 5.74) is 4.56. The molecule has 0 bridgehead atoms. The predicted molar refractivity (Wildman–Crippen MR) is 115 cm³/mol. The number of nitrogens with one attached hydrogen (secondary N) is 2. The maximum absolute atomic E-state index is 12.7. The van der Waals surface area contributed by atoms with Gasteiger partial charge in [-0.05, 0) is 63.4 Å². The van der Waals surface area contributed by atoms with Crippen molar-refractivity contribution in [3.63, 3.8) is 0 Å². The summed E-state index contributed by atoms with van der Waals surface area (Å²) in [5.74, 6) is 0.606. The van der Waals surface area contributed by atoms with Crippen LogP contribution >= 0.6 is 12.4 Å². The maximum Gasteiger partial charge on any atom is 0.166 e. The average molecular weight is 393 g/mol. The number of halogens is 1. The molecule has 1 aliphatic carbocycles. The zero-order chi connectivity index (χ0) is 17.9. The van der Waals surface area contributed by atoms with Gasteiger partial charge in [-0.3, -0.25) is 4.79 Å². The average Bonchev–Trinajstić information content (AvgIpc) is 3.40. The number of likely N-dealkylation sites (tertiary alicyclic amines) is 1. The Morgan fingerprint density at radius 2 is 1.85 bits per heavy atom. The van der Waals surface area contributed by atoms with Crippen LogP contribution in [0, 0.1) is 12.8 Å². The maximum atomic E-state index is 12.7. The molecule has 27 heavy (non-hydrogen) atoms. The Morgan fingerprint density at radius 3 is 2.52 bits per heavy atom. The second-order valence-electron chi connectivity index (χ2n) is 8.02. The molecule has 6 heteroatoms. The van der Waals surface area contributed by atoms with Crippen LogP contribution in [0.5, 0.6) is 0 Å². The largest absolute Gasteiger partial charge is 0.383 e. The Morgan fingerprint density at radius 1 is 1.15 bits per heavy atom. The Hall–Kier alpha value is -1.30. The first-order chi connectivity index (χ1) is 12.7. The number of rotatable bonds is 7. The molecule has 0 radical (unpaired) electrons. The van der Waals surface area contributed by atoms with Crippen LogP contribution in [0.1, 0.15) is 41.6 Å². The summed E-state index contributed by atoms with van der Waals surface area (Å²) < 4.78 is 0. The Kier molecular flexibility index (Phi) is 7.01. The van der Waals surface area contributed by atoms with Gasteiger partial charge >= 0.3 is 0 Å². The molecule has 1 aromatic carbocycles. The number of nitrogens with zero attached hydrogens (tertiary/aromatic N) is 2. The van der Waals surface area contributed by atoms with Crippen molar-refractivity contribution in [2.75, 3.05) is 62.6 Å². The van der Waals surface area contributed by atoms with E-state index >= 15 is 0 Å². The molecule has 5 nitrogen and oxygen atoms in total. The smallest absolute Gasteiger partial charge is 0.166 e. The second-order valence-corrected chi connectivity index (χ2v) is 8.02. The van der Waals surface area contributed by atoms with E-state index in [1.807, 2.05) is 0 Å². The second kappa shape index (κ2) is 9.26. The van der Waals surface area contributed by atoms with E-state index in [-0.39, 0.29) is 18.3 Å². The zero-order valence-corrected chi connectivity index (χ0v) is 17.2. The van der Waals surface area contributed by atoms with Crippen LogP contribution in [0.2, 0.25) is 0 Å². The van der Waals surface area contributed by atoms with E-state index in [2.05, 4.69) is 39.5 Å². The minimum Gasteiger partial charge on any atom is -0.383 e. The molecule has 3 aliphatic rings. The summed E-state index contributed by atoms with van der Waals surface area (Å²) in [5, 5.41) is 7.06. The van der Waals surface area contributed by atoms with Crippen molar-refractivity contribution in [3.8, 4) is 0 Å². The van der Waals surface area contributed by atoms with Gasteiger partial charge in [-0.1, -0.05) is 0 Å². The molecule has 2 heterocycles. The SMILES string of the molecule is Cc1c(NCCN2CCCC2)cc(C(=O)C2CC2)cc1N1CCNCC1.Cl. The number of piperazine rings is 1. The molecule has 4 rings (SSSR count). The predicted octanol–water partition coefficient (Wildman–Crippen LogP) is 2.93. The Bertz CT molecular complexity index is 650. The molecular weight excluding hydrogens is 360 g/mol. The third-order valence-electron chi connectivity index (χ3n) is 6.01. The van der Waals surface area contributed by atoms with Crippen molar-refractivity contribution in [2.24, 2.45) is 5.92 Å². The first kappa shape index (κ1) is 20.4. The number of ketones is 1. The van der Waals surface area contributed by atoms with Gasteiger partial charge in [-0.25, -0.2) is 0 Å². The normalized spacial score (nSPS) is 20.4. The van der Waals surface area contributed by atoms with E-state index in [1.165, 1.54) is 37.2 Å². The van der Waals surface area contributed by atoms with Crippen molar-refractivity contribution in [2.45, 2.75) is 32.6 Å². The molecule has 3 fully saturated rings. The fraction of sp³-hybridized carbons (Fsp3) is 0.667. The number of anilines is 2. The highest BCUT2D eigenvalue weighted by Crippen LogP contribution is 2.36. The number of carbonyl (C=O) groups excluding carboxylic acids is 1. The Labute approximate surface area is 169 Å². The van der Waals surface area contributed by atoms with Crippen LogP contribution in [-0.4, -0.2) is 63.0 Å². The van der Waals surface area contributed by atoms with Gasteiger partial charge < -0.3 is 20.4 Å². The first-order valence-corrected chi connectivity index (χ1v) is 10.3. The van der Waals surface area contributed by atoms with E-state index in [9.17, 15) is 4.79 Å².